The number of amides is 3. The first kappa shape index (κ1) is 36.8. The summed E-state index contributed by atoms with van der Waals surface area (Å²) in [5.74, 6) is 1.30. The third-order valence-corrected chi connectivity index (χ3v) is 10.7. The Labute approximate surface area is 325 Å². The number of hydrogen-bond acceptors (Lipinski definition) is 8. The van der Waals surface area contributed by atoms with E-state index >= 15 is 0 Å². The van der Waals surface area contributed by atoms with Crippen LogP contribution in [0, 0.1) is 0 Å². The first-order chi connectivity index (χ1) is 27.4. The molecule has 2 saturated heterocycles. The summed E-state index contributed by atoms with van der Waals surface area (Å²) in [6.07, 6.45) is 8.21. The smallest absolute Gasteiger partial charge is 0.410 e. The normalized spacial score (nSPS) is 20.4. The first-order valence-corrected chi connectivity index (χ1v) is 19.1. The number of rotatable bonds is 7. The van der Waals surface area contributed by atoms with Gasteiger partial charge in [-0.25, -0.2) is 19.6 Å². The van der Waals surface area contributed by atoms with Gasteiger partial charge in [0.2, 0.25) is 5.91 Å². The SMILES string of the molecule is COC(=O)NC1C/C=C/COCc2[nH]c(nc2-c2ccc(-c3ccc(-c4cnc([C@@H]5CCCN5C(=O)OCc5ccccc5)[nH]4)cc3)cc2)C2CCCN2C1=O. The van der Waals surface area contributed by atoms with Crippen molar-refractivity contribution in [2.24, 2.45) is 0 Å². The van der Waals surface area contributed by atoms with Gasteiger partial charge in [-0.15, -0.1) is 0 Å². The summed E-state index contributed by atoms with van der Waals surface area (Å²) >= 11 is 0. The lowest BCUT2D eigenvalue weighted by Crippen LogP contribution is -2.48. The van der Waals surface area contributed by atoms with Crippen LogP contribution in [0.2, 0.25) is 0 Å². The van der Waals surface area contributed by atoms with E-state index in [1.807, 2.05) is 53.6 Å². The van der Waals surface area contributed by atoms with E-state index in [2.05, 4.69) is 68.8 Å². The molecule has 3 N–H and O–H groups in total. The van der Waals surface area contributed by atoms with Crippen molar-refractivity contribution >= 4 is 18.1 Å². The molecular weight excluding hydrogens is 711 g/mol. The van der Waals surface area contributed by atoms with Gasteiger partial charge in [0.05, 0.1) is 55.7 Å². The van der Waals surface area contributed by atoms with E-state index in [9.17, 15) is 14.4 Å². The number of ether oxygens (including phenoxy) is 3. The molecule has 0 spiro atoms. The Bertz CT molecular complexity index is 2180. The number of nitrogens with one attached hydrogen (secondary N) is 3. The van der Waals surface area contributed by atoms with Gasteiger partial charge in [0.25, 0.3) is 0 Å². The first-order valence-electron chi connectivity index (χ1n) is 19.1. The number of carbonyl (C=O) groups excluding carboxylic acids is 3. The molecule has 13 heteroatoms. The number of methoxy groups -OCH3 is 1. The lowest BCUT2D eigenvalue weighted by molar-refractivity contribution is -0.134. The van der Waals surface area contributed by atoms with Crippen molar-refractivity contribution in [3.05, 3.63) is 120 Å². The molecule has 13 nitrogen and oxygen atoms in total. The number of aromatic amines is 2. The third kappa shape index (κ3) is 7.94. The monoisotopic (exact) mass is 755 g/mol. The molecule has 56 heavy (non-hydrogen) atoms. The minimum atomic E-state index is -0.751. The molecule has 5 aromatic rings. The quantitative estimate of drug-likeness (QED) is 0.145. The van der Waals surface area contributed by atoms with Gasteiger partial charge >= 0.3 is 12.2 Å². The van der Waals surface area contributed by atoms with Crippen molar-refractivity contribution in [3.8, 4) is 33.6 Å². The highest BCUT2D eigenvalue weighted by atomic mass is 16.6. The van der Waals surface area contributed by atoms with Gasteiger partial charge < -0.3 is 34.4 Å². The van der Waals surface area contributed by atoms with Crippen LogP contribution >= 0.6 is 0 Å². The predicted octanol–water partition coefficient (Wildman–Crippen LogP) is 7.47. The maximum Gasteiger partial charge on any atom is 0.410 e. The molecule has 8 rings (SSSR count). The van der Waals surface area contributed by atoms with Crippen molar-refractivity contribution in [3.63, 3.8) is 0 Å². The van der Waals surface area contributed by atoms with Crippen LogP contribution in [0.25, 0.3) is 33.6 Å². The zero-order chi connectivity index (χ0) is 38.4. The van der Waals surface area contributed by atoms with Crippen molar-refractivity contribution in [2.45, 2.75) is 63.4 Å². The minimum absolute atomic E-state index is 0.160. The summed E-state index contributed by atoms with van der Waals surface area (Å²) < 4.78 is 16.4. The van der Waals surface area contributed by atoms with Gasteiger partial charge in [0.1, 0.15) is 24.3 Å². The molecule has 2 bridgehead atoms. The number of fused-ring (bicyclic) bond motifs is 4. The highest BCUT2D eigenvalue weighted by molar-refractivity contribution is 5.86. The molecule has 2 unspecified atom stereocenters. The van der Waals surface area contributed by atoms with E-state index in [1.165, 1.54) is 7.11 Å². The summed E-state index contributed by atoms with van der Waals surface area (Å²) in [5, 5.41) is 2.70. The molecule has 3 aliphatic heterocycles. The molecule has 2 aromatic heterocycles. The number of benzene rings is 3. The fourth-order valence-electron chi connectivity index (χ4n) is 7.78. The van der Waals surface area contributed by atoms with Crippen LogP contribution in [0.15, 0.2) is 97.2 Å². The van der Waals surface area contributed by atoms with Gasteiger partial charge in [-0.05, 0) is 54.4 Å². The van der Waals surface area contributed by atoms with E-state index in [-0.39, 0.29) is 30.7 Å². The second-order valence-electron chi connectivity index (χ2n) is 14.3. The summed E-state index contributed by atoms with van der Waals surface area (Å²) in [6.45, 7) is 2.12. The molecule has 0 aliphatic carbocycles. The van der Waals surface area contributed by atoms with Crippen LogP contribution in [0.5, 0.6) is 0 Å². The number of H-pyrrole nitrogens is 2. The molecule has 3 amide bonds. The van der Waals surface area contributed by atoms with Gasteiger partial charge in [-0.1, -0.05) is 91.0 Å². The average molecular weight is 756 g/mol. The van der Waals surface area contributed by atoms with Crippen LogP contribution in [0.1, 0.15) is 67.1 Å². The largest absolute Gasteiger partial charge is 0.453 e. The van der Waals surface area contributed by atoms with Crippen molar-refractivity contribution in [1.82, 2.24) is 35.1 Å². The van der Waals surface area contributed by atoms with E-state index in [4.69, 9.17) is 19.2 Å². The summed E-state index contributed by atoms with van der Waals surface area (Å²) in [6, 6.07) is 25.1. The Hall–Kier alpha value is -6.21. The fourth-order valence-corrected chi connectivity index (χ4v) is 7.78. The molecule has 3 aromatic carbocycles. The highest BCUT2D eigenvalue weighted by Gasteiger charge is 2.37. The van der Waals surface area contributed by atoms with E-state index < -0.39 is 12.1 Å². The predicted molar refractivity (Wildman–Crippen MR) is 209 cm³/mol. The zero-order valence-electron chi connectivity index (χ0n) is 31.3. The van der Waals surface area contributed by atoms with Crippen molar-refractivity contribution < 1.29 is 28.6 Å². The standard InChI is InChI=1S/C43H45N7O6/c1-54-42(52)47-33-11-5-6-24-55-27-35-38(48-40(46-35)37-13-7-22-49(37)41(33)51)32-20-16-30(17-21-32)29-14-18-31(19-15-29)34-25-44-39(45-34)36-12-8-23-50(36)43(53)56-26-28-9-3-2-4-10-28/h2-6,9-10,14-21,25,33,36-37H,7-8,11-13,22-24,26-27H2,1H3,(H,44,45)(H,46,48)(H,47,52)/b6-5+/t33?,36-,37?/m0/s1. The lowest BCUT2D eigenvalue weighted by Gasteiger charge is -2.27. The second-order valence-corrected chi connectivity index (χ2v) is 14.3. The summed E-state index contributed by atoms with van der Waals surface area (Å²) in [4.78, 5) is 59.0. The topological polar surface area (TPSA) is 155 Å². The average Bonchev–Trinajstić information content (AvgIpc) is 4.07. The number of alkyl carbamates (subject to hydrolysis) is 1. The number of carbonyl (C=O) groups is 3. The van der Waals surface area contributed by atoms with E-state index in [1.54, 1.807) is 4.90 Å². The molecule has 3 aliphatic rings. The van der Waals surface area contributed by atoms with Crippen LogP contribution < -0.4 is 5.32 Å². The Morgan fingerprint density at radius 3 is 2.34 bits per heavy atom. The Morgan fingerprint density at radius 1 is 0.857 bits per heavy atom. The lowest BCUT2D eigenvalue weighted by atomic mass is 10.0. The molecule has 5 heterocycles. The fraction of sp³-hybridized carbons (Fsp3) is 0.326. The Balaban J connectivity index is 0.955. The zero-order valence-corrected chi connectivity index (χ0v) is 31.3. The van der Waals surface area contributed by atoms with Crippen LogP contribution in [-0.4, -0.2) is 80.7 Å². The third-order valence-electron chi connectivity index (χ3n) is 10.7. The van der Waals surface area contributed by atoms with Crippen LogP contribution in [0.3, 0.4) is 0 Å². The number of likely N-dealkylation sites (tertiary alicyclic amines) is 1. The molecular formula is C43H45N7O6. The van der Waals surface area contributed by atoms with Crippen LogP contribution in [-0.2, 0) is 32.2 Å². The van der Waals surface area contributed by atoms with E-state index in [0.29, 0.717) is 38.5 Å². The Morgan fingerprint density at radius 2 is 1.57 bits per heavy atom. The van der Waals surface area contributed by atoms with Gasteiger partial charge in [-0.3, -0.25) is 9.69 Å². The second kappa shape index (κ2) is 16.7. The van der Waals surface area contributed by atoms with Gasteiger partial charge in [-0.2, -0.15) is 0 Å². The van der Waals surface area contributed by atoms with Crippen molar-refractivity contribution in [2.75, 3.05) is 26.8 Å². The highest BCUT2D eigenvalue weighted by Crippen LogP contribution is 2.36. The van der Waals surface area contributed by atoms with Crippen molar-refractivity contribution in [1.29, 1.82) is 0 Å². The maximum absolute atomic E-state index is 13.7. The maximum atomic E-state index is 13.7. The Kier molecular flexibility index (Phi) is 10.9. The van der Waals surface area contributed by atoms with Gasteiger partial charge in [0, 0.05) is 18.7 Å². The number of hydrogen-bond donors (Lipinski definition) is 3. The number of nitrogens with zero attached hydrogens (tertiary/aromatic N) is 4. The van der Waals surface area contributed by atoms with E-state index in [0.717, 1.165) is 76.4 Å². The molecule has 3 atom stereocenters. The summed E-state index contributed by atoms with van der Waals surface area (Å²) in [7, 11) is 1.29. The number of aromatic nitrogens is 4. The molecule has 0 saturated carbocycles. The molecule has 0 radical (unpaired) electrons. The molecule has 2 fully saturated rings. The minimum Gasteiger partial charge on any atom is -0.453 e. The van der Waals surface area contributed by atoms with Crippen LogP contribution in [0.4, 0.5) is 9.59 Å². The van der Waals surface area contributed by atoms with Gasteiger partial charge in [0.15, 0.2) is 0 Å². The number of imidazole rings is 2. The summed E-state index contributed by atoms with van der Waals surface area (Å²) in [5.41, 5.74) is 7.51. The molecule has 288 valence electrons.